The van der Waals surface area contributed by atoms with Gasteiger partial charge in [0, 0.05) is 25.2 Å². The molecule has 1 aliphatic heterocycles. The molecular weight excluding hydrogens is 196 g/mol. The van der Waals surface area contributed by atoms with Gasteiger partial charge in [-0.3, -0.25) is 4.90 Å². The third-order valence-corrected chi connectivity index (χ3v) is 4.77. The molecule has 1 saturated heterocycles. The summed E-state index contributed by atoms with van der Waals surface area (Å²) in [6, 6.07) is 1.10. The Labute approximate surface area is 101 Å². The van der Waals surface area contributed by atoms with Crippen molar-refractivity contribution in [3.05, 3.63) is 0 Å². The molecule has 4 atom stereocenters. The van der Waals surface area contributed by atoms with Crippen molar-refractivity contribution < 1.29 is 0 Å². The van der Waals surface area contributed by atoms with Crippen molar-refractivity contribution >= 4 is 0 Å². The number of nitrogens with two attached hydrogens (primary N) is 1. The summed E-state index contributed by atoms with van der Waals surface area (Å²) in [5.41, 5.74) is 6.38. The summed E-state index contributed by atoms with van der Waals surface area (Å²) >= 11 is 0. The number of likely N-dealkylation sites (tertiary alicyclic amines) is 1. The molecule has 0 aromatic heterocycles. The van der Waals surface area contributed by atoms with Crippen molar-refractivity contribution in [1.29, 1.82) is 0 Å². The van der Waals surface area contributed by atoms with E-state index in [1.165, 1.54) is 51.6 Å². The molecule has 1 aliphatic carbocycles. The van der Waals surface area contributed by atoms with Crippen LogP contribution in [0.4, 0.5) is 0 Å². The molecule has 2 aliphatic rings. The number of hydrogen-bond acceptors (Lipinski definition) is 2. The van der Waals surface area contributed by atoms with Crippen LogP contribution in [0.1, 0.15) is 52.4 Å². The van der Waals surface area contributed by atoms with Crippen LogP contribution in [0.2, 0.25) is 0 Å². The van der Waals surface area contributed by atoms with Crippen molar-refractivity contribution in [3.8, 4) is 0 Å². The smallest absolute Gasteiger partial charge is 0.0247 e. The topological polar surface area (TPSA) is 29.3 Å². The van der Waals surface area contributed by atoms with E-state index in [0.29, 0.717) is 12.1 Å². The largest absolute Gasteiger partial charge is 0.326 e. The van der Waals surface area contributed by atoms with Crippen molar-refractivity contribution in [1.82, 2.24) is 4.90 Å². The molecule has 0 radical (unpaired) electrons. The second-order valence-corrected chi connectivity index (χ2v) is 6.13. The van der Waals surface area contributed by atoms with E-state index in [1.54, 1.807) is 0 Å². The van der Waals surface area contributed by atoms with Crippen LogP contribution >= 0.6 is 0 Å². The van der Waals surface area contributed by atoms with E-state index in [2.05, 4.69) is 18.7 Å². The van der Waals surface area contributed by atoms with E-state index in [0.717, 1.165) is 11.8 Å². The summed E-state index contributed by atoms with van der Waals surface area (Å²) in [7, 11) is 0. The van der Waals surface area contributed by atoms with Crippen LogP contribution in [-0.4, -0.2) is 30.1 Å². The molecule has 0 aromatic carbocycles. The molecule has 1 saturated carbocycles. The maximum absolute atomic E-state index is 6.38. The SMILES string of the molecule is CC1CN(C2CCCCCCC2N)CC1C. The zero-order valence-electron chi connectivity index (χ0n) is 11.0. The lowest BCUT2D eigenvalue weighted by molar-refractivity contribution is 0.174. The molecule has 0 bridgehead atoms. The highest BCUT2D eigenvalue weighted by atomic mass is 15.2. The lowest BCUT2D eigenvalue weighted by atomic mass is 9.92. The fourth-order valence-electron chi connectivity index (χ4n) is 3.39. The molecule has 2 nitrogen and oxygen atoms in total. The van der Waals surface area contributed by atoms with Crippen LogP contribution in [0.25, 0.3) is 0 Å². The molecule has 2 heteroatoms. The highest BCUT2D eigenvalue weighted by Crippen LogP contribution is 2.28. The van der Waals surface area contributed by atoms with Gasteiger partial charge in [0.15, 0.2) is 0 Å². The van der Waals surface area contributed by atoms with Gasteiger partial charge in [-0.2, -0.15) is 0 Å². The van der Waals surface area contributed by atoms with Crippen LogP contribution < -0.4 is 5.73 Å². The van der Waals surface area contributed by atoms with E-state index in [1.807, 2.05) is 0 Å². The number of nitrogens with zero attached hydrogens (tertiary/aromatic N) is 1. The van der Waals surface area contributed by atoms with Gasteiger partial charge in [-0.25, -0.2) is 0 Å². The Bertz CT molecular complexity index is 207. The van der Waals surface area contributed by atoms with Gasteiger partial charge in [0.25, 0.3) is 0 Å². The van der Waals surface area contributed by atoms with Gasteiger partial charge in [-0.05, 0) is 24.7 Å². The second kappa shape index (κ2) is 5.50. The van der Waals surface area contributed by atoms with Gasteiger partial charge in [-0.15, -0.1) is 0 Å². The minimum Gasteiger partial charge on any atom is -0.326 e. The van der Waals surface area contributed by atoms with E-state index in [9.17, 15) is 0 Å². The summed E-state index contributed by atoms with van der Waals surface area (Å²) in [5.74, 6) is 1.72. The Kier molecular flexibility index (Phi) is 4.26. The third kappa shape index (κ3) is 2.78. The Morgan fingerprint density at radius 3 is 2.06 bits per heavy atom. The van der Waals surface area contributed by atoms with E-state index < -0.39 is 0 Å². The molecule has 1 heterocycles. The van der Waals surface area contributed by atoms with Crippen LogP contribution in [0, 0.1) is 11.8 Å². The van der Waals surface area contributed by atoms with Gasteiger partial charge in [0.2, 0.25) is 0 Å². The van der Waals surface area contributed by atoms with Crippen molar-refractivity contribution in [2.24, 2.45) is 17.6 Å². The van der Waals surface area contributed by atoms with Crippen molar-refractivity contribution in [2.75, 3.05) is 13.1 Å². The monoisotopic (exact) mass is 224 g/mol. The minimum absolute atomic E-state index is 0.429. The van der Waals surface area contributed by atoms with E-state index >= 15 is 0 Å². The fourth-order valence-corrected chi connectivity index (χ4v) is 3.39. The summed E-state index contributed by atoms with van der Waals surface area (Å²) in [5, 5.41) is 0. The van der Waals surface area contributed by atoms with Crippen LogP contribution in [0.15, 0.2) is 0 Å². The zero-order chi connectivity index (χ0) is 11.5. The predicted molar refractivity (Wildman–Crippen MR) is 69.4 cm³/mol. The molecule has 4 unspecified atom stereocenters. The third-order valence-electron chi connectivity index (χ3n) is 4.77. The maximum Gasteiger partial charge on any atom is 0.0247 e. The first-order valence-corrected chi connectivity index (χ1v) is 7.18. The summed E-state index contributed by atoms with van der Waals surface area (Å²) in [4.78, 5) is 2.69. The Hall–Kier alpha value is -0.0800. The lowest BCUT2D eigenvalue weighted by Gasteiger charge is -2.34. The lowest BCUT2D eigenvalue weighted by Crippen LogP contribution is -2.47. The quantitative estimate of drug-likeness (QED) is 0.742. The molecule has 0 amide bonds. The number of rotatable bonds is 1. The predicted octanol–water partition coefficient (Wildman–Crippen LogP) is 2.62. The standard InChI is InChI=1S/C14H28N2/c1-11-9-16(10-12(11)2)14-8-6-4-3-5-7-13(14)15/h11-14H,3-10,15H2,1-2H3. The van der Waals surface area contributed by atoms with Crippen molar-refractivity contribution in [3.63, 3.8) is 0 Å². The maximum atomic E-state index is 6.38. The fraction of sp³-hybridized carbons (Fsp3) is 1.00. The van der Waals surface area contributed by atoms with Gasteiger partial charge in [0.1, 0.15) is 0 Å². The molecule has 2 N–H and O–H groups in total. The average molecular weight is 224 g/mol. The first kappa shape index (κ1) is 12.4. The molecular formula is C14H28N2. The summed E-state index contributed by atoms with van der Waals surface area (Å²) in [6.45, 7) is 7.33. The molecule has 94 valence electrons. The van der Waals surface area contributed by atoms with Gasteiger partial charge in [0.05, 0.1) is 0 Å². The highest BCUT2D eigenvalue weighted by molar-refractivity contribution is 4.89. The molecule has 2 fully saturated rings. The van der Waals surface area contributed by atoms with Gasteiger partial charge < -0.3 is 5.73 Å². The van der Waals surface area contributed by atoms with Crippen molar-refractivity contribution in [2.45, 2.75) is 64.5 Å². The normalized spacial score (nSPS) is 42.9. The molecule has 16 heavy (non-hydrogen) atoms. The van der Waals surface area contributed by atoms with Crippen LogP contribution in [-0.2, 0) is 0 Å². The summed E-state index contributed by atoms with van der Waals surface area (Å²) in [6.07, 6.45) is 8.12. The first-order chi connectivity index (χ1) is 7.68. The highest BCUT2D eigenvalue weighted by Gasteiger charge is 2.33. The second-order valence-electron chi connectivity index (χ2n) is 6.13. The van der Waals surface area contributed by atoms with E-state index in [-0.39, 0.29) is 0 Å². The molecule has 0 aromatic rings. The minimum atomic E-state index is 0.429. The Morgan fingerprint density at radius 1 is 0.875 bits per heavy atom. The Balaban J connectivity index is 1.94. The summed E-state index contributed by atoms with van der Waals surface area (Å²) < 4.78 is 0. The van der Waals surface area contributed by atoms with E-state index in [4.69, 9.17) is 5.73 Å². The van der Waals surface area contributed by atoms with Crippen LogP contribution in [0.5, 0.6) is 0 Å². The molecule has 0 spiro atoms. The van der Waals surface area contributed by atoms with Crippen LogP contribution in [0.3, 0.4) is 0 Å². The first-order valence-electron chi connectivity index (χ1n) is 7.18. The van der Waals surface area contributed by atoms with Gasteiger partial charge in [-0.1, -0.05) is 39.5 Å². The Morgan fingerprint density at radius 2 is 1.44 bits per heavy atom. The molecule has 2 rings (SSSR count). The van der Waals surface area contributed by atoms with Gasteiger partial charge >= 0.3 is 0 Å². The number of hydrogen-bond donors (Lipinski definition) is 1. The average Bonchev–Trinajstić information content (AvgIpc) is 2.53. The zero-order valence-corrected chi connectivity index (χ0v) is 11.0.